The minimum atomic E-state index is 0.431. The zero-order valence-electron chi connectivity index (χ0n) is 8.97. The van der Waals surface area contributed by atoms with Crippen LogP contribution < -0.4 is 11.1 Å². The number of nitrogens with two attached hydrogens (primary N) is 1. The average Bonchev–Trinajstić information content (AvgIpc) is 2.67. The molecule has 0 aliphatic rings. The van der Waals surface area contributed by atoms with Crippen LogP contribution >= 0.6 is 11.3 Å². The Morgan fingerprint density at radius 3 is 2.88 bits per heavy atom. The number of hydrogen-bond acceptors (Lipinski definition) is 6. The Balaban J connectivity index is 1.82. The van der Waals surface area contributed by atoms with Crippen molar-refractivity contribution in [2.75, 3.05) is 17.6 Å². The molecule has 0 aliphatic carbocycles. The predicted molar refractivity (Wildman–Crippen MR) is 65.5 cm³/mol. The molecule has 2 rings (SSSR count). The van der Waals surface area contributed by atoms with E-state index >= 15 is 0 Å². The van der Waals surface area contributed by atoms with E-state index in [9.17, 15) is 0 Å². The highest BCUT2D eigenvalue weighted by Gasteiger charge is 1.98. The summed E-state index contributed by atoms with van der Waals surface area (Å²) in [5.74, 6) is 1.17. The molecule has 0 aliphatic heterocycles. The molecule has 0 aromatic carbocycles. The van der Waals surface area contributed by atoms with Crippen molar-refractivity contribution in [3.63, 3.8) is 0 Å². The Hall–Kier alpha value is -1.69. The van der Waals surface area contributed by atoms with E-state index in [1.54, 1.807) is 17.5 Å². The maximum absolute atomic E-state index is 5.44. The lowest BCUT2D eigenvalue weighted by Crippen LogP contribution is -2.07. The molecule has 5 nitrogen and oxygen atoms in total. The Kier molecular flexibility index (Phi) is 3.31. The summed E-state index contributed by atoms with van der Waals surface area (Å²) >= 11 is 1.67. The third-order valence-electron chi connectivity index (χ3n) is 2.03. The van der Waals surface area contributed by atoms with Crippen LogP contribution in [0.15, 0.2) is 17.8 Å². The third-order valence-corrected chi connectivity index (χ3v) is 2.85. The molecule has 6 heteroatoms. The number of anilines is 2. The highest BCUT2D eigenvalue weighted by atomic mass is 32.1. The van der Waals surface area contributed by atoms with Gasteiger partial charge in [-0.15, -0.1) is 11.3 Å². The first-order valence-electron chi connectivity index (χ1n) is 4.96. The van der Waals surface area contributed by atoms with Gasteiger partial charge in [-0.25, -0.2) is 15.0 Å². The lowest BCUT2D eigenvalue weighted by Gasteiger charge is -2.03. The fraction of sp³-hybridized carbons (Fsp3) is 0.300. The molecule has 0 amide bonds. The van der Waals surface area contributed by atoms with Gasteiger partial charge >= 0.3 is 0 Å². The zero-order chi connectivity index (χ0) is 11.4. The maximum Gasteiger partial charge on any atom is 0.144 e. The van der Waals surface area contributed by atoms with Crippen LogP contribution in [0.5, 0.6) is 0 Å². The van der Waals surface area contributed by atoms with E-state index < -0.39 is 0 Å². The SMILES string of the molecule is Cc1nc(CCNc2cnc(N)cn2)cs1. The Morgan fingerprint density at radius 2 is 2.25 bits per heavy atom. The highest BCUT2D eigenvalue weighted by Crippen LogP contribution is 2.08. The molecule has 2 aromatic rings. The molecule has 3 N–H and O–H groups in total. The van der Waals surface area contributed by atoms with Gasteiger partial charge in [-0.05, 0) is 6.92 Å². The Bertz CT molecular complexity index is 450. The van der Waals surface area contributed by atoms with Crippen LogP contribution in [0.3, 0.4) is 0 Å². The number of rotatable bonds is 4. The predicted octanol–water partition coefficient (Wildman–Crippen LogP) is 1.48. The first-order chi connectivity index (χ1) is 7.74. The molecule has 0 saturated carbocycles. The summed E-state index contributed by atoms with van der Waals surface area (Å²) in [6.45, 7) is 2.80. The molecule has 0 unspecified atom stereocenters. The minimum absolute atomic E-state index is 0.431. The van der Waals surface area contributed by atoms with Crippen LogP contribution in [0.4, 0.5) is 11.6 Å². The molecule has 2 heterocycles. The minimum Gasteiger partial charge on any atom is -0.382 e. The van der Waals surface area contributed by atoms with Crippen LogP contribution in [0, 0.1) is 6.92 Å². The molecule has 0 fully saturated rings. The fourth-order valence-electron chi connectivity index (χ4n) is 1.27. The van der Waals surface area contributed by atoms with Crippen LogP contribution in [-0.2, 0) is 6.42 Å². The van der Waals surface area contributed by atoms with E-state index in [0.29, 0.717) is 5.82 Å². The van der Waals surface area contributed by atoms with Gasteiger partial charge in [0.05, 0.1) is 23.1 Å². The van der Waals surface area contributed by atoms with Gasteiger partial charge in [0.2, 0.25) is 0 Å². The summed E-state index contributed by atoms with van der Waals surface area (Å²) in [6.07, 6.45) is 4.05. The zero-order valence-corrected chi connectivity index (χ0v) is 9.79. The fourth-order valence-corrected chi connectivity index (χ4v) is 1.92. The van der Waals surface area contributed by atoms with Gasteiger partial charge in [0, 0.05) is 18.3 Å². The second-order valence-electron chi connectivity index (χ2n) is 3.36. The van der Waals surface area contributed by atoms with Crippen LogP contribution in [0.1, 0.15) is 10.7 Å². The number of nitrogens with one attached hydrogen (secondary N) is 1. The van der Waals surface area contributed by atoms with Crippen molar-refractivity contribution in [3.05, 3.63) is 28.5 Å². The summed E-state index contributed by atoms with van der Waals surface area (Å²) < 4.78 is 0. The largest absolute Gasteiger partial charge is 0.382 e. The Labute approximate surface area is 97.8 Å². The number of thiazole rings is 1. The molecule has 0 atom stereocenters. The lowest BCUT2D eigenvalue weighted by atomic mass is 10.3. The van der Waals surface area contributed by atoms with Crippen LogP contribution in [-0.4, -0.2) is 21.5 Å². The summed E-state index contributed by atoms with van der Waals surface area (Å²) in [6, 6.07) is 0. The second-order valence-corrected chi connectivity index (χ2v) is 4.42. The first kappa shape index (κ1) is 10.8. The summed E-state index contributed by atoms with van der Waals surface area (Å²) in [5.41, 5.74) is 6.55. The van der Waals surface area contributed by atoms with E-state index in [-0.39, 0.29) is 0 Å². The highest BCUT2D eigenvalue weighted by molar-refractivity contribution is 7.09. The van der Waals surface area contributed by atoms with Crippen molar-refractivity contribution >= 4 is 23.0 Å². The quantitative estimate of drug-likeness (QED) is 0.839. The van der Waals surface area contributed by atoms with E-state index in [4.69, 9.17) is 5.73 Å². The molecular formula is C10H13N5S. The van der Waals surface area contributed by atoms with Crippen molar-refractivity contribution in [1.82, 2.24) is 15.0 Å². The summed E-state index contributed by atoms with van der Waals surface area (Å²) in [7, 11) is 0. The summed E-state index contributed by atoms with van der Waals surface area (Å²) in [4.78, 5) is 12.4. The molecule has 0 bridgehead atoms. The van der Waals surface area contributed by atoms with Gasteiger partial charge in [-0.2, -0.15) is 0 Å². The van der Waals surface area contributed by atoms with Gasteiger partial charge in [0.1, 0.15) is 11.6 Å². The van der Waals surface area contributed by atoms with E-state index in [0.717, 1.165) is 29.5 Å². The van der Waals surface area contributed by atoms with E-state index in [2.05, 4.69) is 25.6 Å². The number of hydrogen-bond donors (Lipinski definition) is 2. The van der Waals surface area contributed by atoms with Crippen LogP contribution in [0.25, 0.3) is 0 Å². The number of aryl methyl sites for hydroxylation is 1. The average molecular weight is 235 g/mol. The van der Waals surface area contributed by atoms with E-state index in [1.165, 1.54) is 6.20 Å². The molecular weight excluding hydrogens is 222 g/mol. The molecule has 16 heavy (non-hydrogen) atoms. The van der Waals surface area contributed by atoms with Gasteiger partial charge in [0.15, 0.2) is 0 Å². The van der Waals surface area contributed by atoms with Gasteiger partial charge < -0.3 is 11.1 Å². The van der Waals surface area contributed by atoms with E-state index in [1.807, 2.05) is 6.92 Å². The lowest BCUT2D eigenvalue weighted by molar-refractivity contribution is 0.957. The number of aromatic nitrogens is 3. The Morgan fingerprint density at radius 1 is 1.38 bits per heavy atom. The third kappa shape index (κ3) is 2.90. The first-order valence-corrected chi connectivity index (χ1v) is 5.84. The van der Waals surface area contributed by atoms with Gasteiger partial charge in [0.25, 0.3) is 0 Å². The van der Waals surface area contributed by atoms with Crippen molar-refractivity contribution in [3.8, 4) is 0 Å². The van der Waals surface area contributed by atoms with Crippen LogP contribution in [0.2, 0.25) is 0 Å². The molecule has 84 valence electrons. The standard InChI is InChI=1S/C10H13N5S/c1-7-15-8(6-16-7)2-3-12-10-5-13-9(11)4-14-10/h4-6H,2-3H2,1H3,(H2,11,13)(H,12,14). The summed E-state index contributed by atoms with van der Waals surface area (Å²) in [5, 5.41) is 6.34. The monoisotopic (exact) mass is 235 g/mol. The maximum atomic E-state index is 5.44. The smallest absolute Gasteiger partial charge is 0.144 e. The molecule has 0 radical (unpaired) electrons. The van der Waals surface area contributed by atoms with Crippen molar-refractivity contribution in [2.24, 2.45) is 0 Å². The molecule has 0 saturated heterocycles. The molecule has 0 spiro atoms. The topological polar surface area (TPSA) is 76.7 Å². The second kappa shape index (κ2) is 4.89. The van der Waals surface area contributed by atoms with Crippen molar-refractivity contribution in [1.29, 1.82) is 0 Å². The normalized spacial score (nSPS) is 10.3. The molecule has 2 aromatic heterocycles. The number of nitrogen functional groups attached to an aromatic ring is 1. The van der Waals surface area contributed by atoms with Gasteiger partial charge in [-0.1, -0.05) is 0 Å². The van der Waals surface area contributed by atoms with Crippen molar-refractivity contribution < 1.29 is 0 Å². The van der Waals surface area contributed by atoms with Gasteiger partial charge in [-0.3, -0.25) is 0 Å². The van der Waals surface area contributed by atoms with Crippen molar-refractivity contribution in [2.45, 2.75) is 13.3 Å². The number of nitrogens with zero attached hydrogens (tertiary/aromatic N) is 3.